The number of β-amino-alcohol motifs (C(OH)–C–C–N with tert-alkyl or cyclic N) is 1. The molecule has 35 heavy (non-hydrogen) atoms. The van der Waals surface area contributed by atoms with E-state index in [1.807, 2.05) is 19.1 Å². The number of aliphatic hydroxyl groups is 1. The van der Waals surface area contributed by atoms with Gasteiger partial charge in [-0.1, -0.05) is 6.92 Å². The molecule has 2 aliphatic rings. The van der Waals surface area contributed by atoms with Gasteiger partial charge in [-0.05, 0) is 49.7 Å². The van der Waals surface area contributed by atoms with Crippen LogP contribution in [0.3, 0.4) is 0 Å². The fourth-order valence-electron chi connectivity index (χ4n) is 4.09. The van der Waals surface area contributed by atoms with Gasteiger partial charge in [0.15, 0.2) is 11.5 Å². The highest BCUT2D eigenvalue weighted by molar-refractivity contribution is 6.04. The molecule has 1 aromatic carbocycles. The molecule has 0 spiro atoms. The number of amides is 1. The van der Waals surface area contributed by atoms with E-state index in [0.717, 1.165) is 44.8 Å². The van der Waals surface area contributed by atoms with Gasteiger partial charge < -0.3 is 29.5 Å². The molecule has 2 aliphatic heterocycles. The highest BCUT2D eigenvalue weighted by Crippen LogP contribution is 2.32. The van der Waals surface area contributed by atoms with Crippen LogP contribution in [0.2, 0.25) is 0 Å². The maximum absolute atomic E-state index is 12.6. The fourth-order valence-corrected chi connectivity index (χ4v) is 4.09. The summed E-state index contributed by atoms with van der Waals surface area (Å²) in [6.45, 7) is 5.79. The summed E-state index contributed by atoms with van der Waals surface area (Å²) in [5.74, 6) is 1.51. The minimum atomic E-state index is -0.701. The van der Waals surface area contributed by atoms with Crippen molar-refractivity contribution in [2.24, 2.45) is 0 Å². The third-order valence-electron chi connectivity index (χ3n) is 5.91. The Bertz CT molecular complexity index is 1020. The maximum Gasteiger partial charge on any atom is 0.305 e. The van der Waals surface area contributed by atoms with Gasteiger partial charge in [-0.25, -0.2) is 4.98 Å². The number of pyridine rings is 1. The first-order valence-corrected chi connectivity index (χ1v) is 12.0. The largest absolute Gasteiger partial charge is 0.463 e. The number of aromatic nitrogens is 1. The molecule has 2 aromatic rings. The van der Waals surface area contributed by atoms with Crippen molar-refractivity contribution in [3.05, 3.63) is 42.1 Å². The number of esters is 1. The van der Waals surface area contributed by atoms with Gasteiger partial charge >= 0.3 is 5.97 Å². The lowest BCUT2D eigenvalue weighted by atomic mass is 10.2. The zero-order valence-corrected chi connectivity index (χ0v) is 19.9. The first-order chi connectivity index (χ1) is 17.0. The molecule has 10 nitrogen and oxygen atoms in total. The molecule has 1 saturated heterocycles. The van der Waals surface area contributed by atoms with Crippen molar-refractivity contribution in [3.8, 4) is 11.5 Å². The molecule has 1 atom stereocenters. The van der Waals surface area contributed by atoms with Crippen LogP contribution < -0.4 is 19.7 Å². The molecule has 1 aromatic heterocycles. The lowest BCUT2D eigenvalue weighted by Crippen LogP contribution is -2.38. The average Bonchev–Trinajstić information content (AvgIpc) is 3.21. The Labute approximate surface area is 204 Å². The number of anilines is 2. The van der Waals surface area contributed by atoms with E-state index in [9.17, 15) is 14.7 Å². The number of nitrogens with one attached hydrogen (secondary N) is 1. The van der Waals surface area contributed by atoms with Gasteiger partial charge in [0.2, 0.25) is 6.79 Å². The SMILES string of the molecule is CCCC(=O)OCC(O)CN1CCCN(c2ccc(NC(=O)c3ccc4c(c3)OCO4)cn2)CC1. The highest BCUT2D eigenvalue weighted by atomic mass is 16.7. The van der Waals surface area contributed by atoms with Crippen molar-refractivity contribution in [2.45, 2.75) is 32.3 Å². The number of hydrogen-bond donors (Lipinski definition) is 2. The predicted octanol–water partition coefficient (Wildman–Crippen LogP) is 2.28. The lowest BCUT2D eigenvalue weighted by Gasteiger charge is -2.24. The topological polar surface area (TPSA) is 113 Å². The number of carbonyl (C=O) groups excluding carboxylic acids is 2. The summed E-state index contributed by atoms with van der Waals surface area (Å²) >= 11 is 0. The molecule has 0 radical (unpaired) electrons. The van der Waals surface area contributed by atoms with E-state index in [2.05, 4.69) is 20.1 Å². The van der Waals surface area contributed by atoms with Crippen LogP contribution in [0.5, 0.6) is 11.5 Å². The summed E-state index contributed by atoms with van der Waals surface area (Å²) in [7, 11) is 0. The number of nitrogens with zero attached hydrogens (tertiary/aromatic N) is 3. The molecule has 0 aliphatic carbocycles. The molecule has 0 bridgehead atoms. The minimum Gasteiger partial charge on any atom is -0.463 e. The summed E-state index contributed by atoms with van der Waals surface area (Å²) in [6, 6.07) is 8.81. The van der Waals surface area contributed by atoms with Crippen LogP contribution in [0.1, 0.15) is 36.5 Å². The van der Waals surface area contributed by atoms with E-state index in [0.29, 0.717) is 35.7 Å². The van der Waals surface area contributed by atoms with Crippen molar-refractivity contribution in [2.75, 3.05) is 56.3 Å². The zero-order chi connectivity index (χ0) is 24.6. The van der Waals surface area contributed by atoms with Gasteiger partial charge in [-0.3, -0.25) is 14.5 Å². The second kappa shape index (κ2) is 11.9. The van der Waals surface area contributed by atoms with Crippen molar-refractivity contribution >= 4 is 23.4 Å². The normalized spacial score (nSPS) is 16.5. The number of carbonyl (C=O) groups is 2. The number of benzene rings is 1. The van der Waals surface area contributed by atoms with Crippen molar-refractivity contribution in [3.63, 3.8) is 0 Å². The van der Waals surface area contributed by atoms with Crippen LogP contribution in [-0.4, -0.2) is 79.1 Å². The third-order valence-corrected chi connectivity index (χ3v) is 5.91. The number of ether oxygens (including phenoxy) is 3. The van der Waals surface area contributed by atoms with E-state index in [-0.39, 0.29) is 25.3 Å². The van der Waals surface area contributed by atoms with Crippen molar-refractivity contribution in [1.29, 1.82) is 0 Å². The second-order valence-electron chi connectivity index (χ2n) is 8.66. The number of fused-ring (bicyclic) bond motifs is 1. The Hall–Kier alpha value is -3.37. The Morgan fingerprint density at radius 3 is 2.80 bits per heavy atom. The van der Waals surface area contributed by atoms with Gasteiger partial charge in [0, 0.05) is 38.2 Å². The zero-order valence-electron chi connectivity index (χ0n) is 19.9. The second-order valence-corrected chi connectivity index (χ2v) is 8.66. The minimum absolute atomic E-state index is 0.0278. The van der Waals surface area contributed by atoms with E-state index in [1.165, 1.54) is 0 Å². The first-order valence-electron chi connectivity index (χ1n) is 12.0. The molecule has 1 fully saturated rings. The number of rotatable bonds is 9. The highest BCUT2D eigenvalue weighted by Gasteiger charge is 2.20. The van der Waals surface area contributed by atoms with Crippen LogP contribution in [0.4, 0.5) is 11.5 Å². The van der Waals surface area contributed by atoms with Crippen LogP contribution >= 0.6 is 0 Å². The maximum atomic E-state index is 12.6. The summed E-state index contributed by atoms with van der Waals surface area (Å²) < 4.78 is 15.7. The van der Waals surface area contributed by atoms with E-state index in [1.54, 1.807) is 24.4 Å². The number of hydrogen-bond acceptors (Lipinski definition) is 9. The Morgan fingerprint density at radius 2 is 2.00 bits per heavy atom. The smallest absolute Gasteiger partial charge is 0.305 e. The van der Waals surface area contributed by atoms with E-state index in [4.69, 9.17) is 14.2 Å². The van der Waals surface area contributed by atoms with Gasteiger partial charge in [-0.15, -0.1) is 0 Å². The number of aliphatic hydroxyl groups excluding tert-OH is 1. The summed E-state index contributed by atoms with van der Waals surface area (Å²) in [6.07, 6.45) is 2.98. The summed E-state index contributed by atoms with van der Waals surface area (Å²) in [4.78, 5) is 33.0. The van der Waals surface area contributed by atoms with Gasteiger partial charge in [0.25, 0.3) is 5.91 Å². The summed E-state index contributed by atoms with van der Waals surface area (Å²) in [5, 5.41) is 13.1. The van der Waals surface area contributed by atoms with Crippen molar-refractivity contribution < 1.29 is 28.9 Å². The average molecular weight is 485 g/mol. The van der Waals surface area contributed by atoms with Crippen LogP contribution in [0.15, 0.2) is 36.5 Å². The molecule has 1 amide bonds. The lowest BCUT2D eigenvalue weighted by molar-refractivity contribution is -0.147. The Kier molecular flexibility index (Phi) is 8.38. The molecule has 3 heterocycles. The molecular formula is C25H32N4O6. The Morgan fingerprint density at radius 1 is 1.14 bits per heavy atom. The van der Waals surface area contributed by atoms with Crippen LogP contribution in [0, 0.1) is 0 Å². The predicted molar refractivity (Wildman–Crippen MR) is 130 cm³/mol. The molecule has 2 N–H and O–H groups in total. The third kappa shape index (κ3) is 6.83. The fraction of sp³-hybridized carbons (Fsp3) is 0.480. The van der Waals surface area contributed by atoms with E-state index >= 15 is 0 Å². The molecular weight excluding hydrogens is 452 g/mol. The summed E-state index contributed by atoms with van der Waals surface area (Å²) in [5.41, 5.74) is 1.09. The molecule has 1 unspecified atom stereocenters. The van der Waals surface area contributed by atoms with Crippen molar-refractivity contribution in [1.82, 2.24) is 9.88 Å². The van der Waals surface area contributed by atoms with E-state index < -0.39 is 6.10 Å². The quantitative estimate of drug-likeness (QED) is 0.518. The molecule has 188 valence electrons. The van der Waals surface area contributed by atoms with Gasteiger partial charge in [0.05, 0.1) is 11.9 Å². The molecule has 4 rings (SSSR count). The first kappa shape index (κ1) is 24.7. The standard InChI is InChI=1S/C25H32N4O6/c1-2-4-24(31)33-16-20(30)15-28-9-3-10-29(12-11-28)23-8-6-19(14-26-23)27-25(32)18-5-7-21-22(13-18)35-17-34-21/h5-8,13-14,20,30H,2-4,9-12,15-17H2,1H3,(H,27,32). The molecule has 10 heteroatoms. The van der Waals surface area contributed by atoms with Gasteiger partial charge in [-0.2, -0.15) is 0 Å². The van der Waals surface area contributed by atoms with Crippen LogP contribution in [0.25, 0.3) is 0 Å². The van der Waals surface area contributed by atoms with Gasteiger partial charge in [0.1, 0.15) is 18.5 Å². The van der Waals surface area contributed by atoms with Crippen LogP contribution in [-0.2, 0) is 9.53 Å². The molecule has 0 saturated carbocycles. The monoisotopic (exact) mass is 484 g/mol. The Balaban J connectivity index is 1.25.